The highest BCUT2D eigenvalue weighted by atomic mass is 32.2. The molecule has 1 saturated heterocycles. The van der Waals surface area contributed by atoms with Crippen molar-refractivity contribution < 1.29 is 46.4 Å². The van der Waals surface area contributed by atoms with Gasteiger partial charge >= 0.3 is 12.2 Å². The molecule has 1 fully saturated rings. The summed E-state index contributed by atoms with van der Waals surface area (Å²) in [5.41, 5.74) is 2.35. The van der Waals surface area contributed by atoms with Gasteiger partial charge in [0.15, 0.2) is 0 Å². The fourth-order valence-electron chi connectivity index (χ4n) is 6.07. The normalized spacial score (nSPS) is 15.8. The summed E-state index contributed by atoms with van der Waals surface area (Å²) in [7, 11) is -4.46. The third-order valence-electron chi connectivity index (χ3n) is 9.11. The summed E-state index contributed by atoms with van der Waals surface area (Å²) in [6.45, 7) is 20.2. The van der Waals surface area contributed by atoms with Gasteiger partial charge in [-0.1, -0.05) is 69.2 Å². The maximum Gasteiger partial charge on any atom is 0.421 e. The van der Waals surface area contributed by atoms with Gasteiger partial charge in [0.1, 0.15) is 17.5 Å². The maximum absolute atomic E-state index is 13.6. The number of nitrogens with zero attached hydrogens (tertiary/aromatic N) is 2. The molecule has 2 aliphatic rings. The first-order valence-electron chi connectivity index (χ1n) is 20.6. The second-order valence-corrected chi connectivity index (χ2v) is 23.8. The van der Waals surface area contributed by atoms with Crippen molar-refractivity contribution in [1.82, 2.24) is 4.90 Å². The highest BCUT2D eigenvalue weighted by Gasteiger charge is 2.34. The Morgan fingerprint density at radius 2 is 1.66 bits per heavy atom. The quantitative estimate of drug-likeness (QED) is 0.0741. The second kappa shape index (κ2) is 21.8. The SMILES string of the molecule is CCCC#Cc1cc(C#CCCOCCCCCCN2C[C@@H](c3ccc4c(c3)COC(C)(C)O4)OC2=O)cc(N(C(=O)OC(C)(C)C)C(OCC[Si](C)(C)C)=S(=O)=O)c1. The van der Waals surface area contributed by atoms with Crippen LogP contribution in [-0.4, -0.2) is 83.1 Å². The van der Waals surface area contributed by atoms with Gasteiger partial charge < -0.3 is 33.3 Å². The number of cyclic esters (lactones) is 1. The van der Waals surface area contributed by atoms with E-state index in [1.165, 1.54) is 0 Å². The fraction of sp³-hybridized carbons (Fsp3) is 0.578. The summed E-state index contributed by atoms with van der Waals surface area (Å²) in [5.74, 6) is 12.7. The Morgan fingerprint density at radius 3 is 2.32 bits per heavy atom. The van der Waals surface area contributed by atoms with Crippen LogP contribution < -0.4 is 9.64 Å². The second-order valence-electron chi connectivity index (χ2n) is 17.4. The number of amides is 2. The third-order valence-corrected chi connectivity index (χ3v) is 11.4. The summed E-state index contributed by atoms with van der Waals surface area (Å²) in [5, 5.41) is -0.534. The van der Waals surface area contributed by atoms with Gasteiger partial charge in [-0.2, -0.15) is 8.42 Å². The molecule has 59 heavy (non-hydrogen) atoms. The maximum atomic E-state index is 13.6. The van der Waals surface area contributed by atoms with Gasteiger partial charge in [0.05, 0.1) is 32.1 Å². The molecule has 2 amide bonds. The topological polar surface area (TPSA) is 130 Å². The van der Waals surface area contributed by atoms with E-state index < -0.39 is 41.0 Å². The molecule has 322 valence electrons. The van der Waals surface area contributed by atoms with Crippen LogP contribution in [0.25, 0.3) is 0 Å². The first kappa shape index (κ1) is 47.4. The predicted molar refractivity (Wildman–Crippen MR) is 232 cm³/mol. The van der Waals surface area contributed by atoms with Crippen molar-refractivity contribution in [2.24, 2.45) is 0 Å². The molecule has 2 aromatic rings. The number of rotatable bonds is 15. The van der Waals surface area contributed by atoms with Gasteiger partial charge in [-0.05, 0) is 82.0 Å². The van der Waals surface area contributed by atoms with E-state index in [-0.39, 0.29) is 24.5 Å². The molecule has 0 spiro atoms. The largest absolute Gasteiger partial charge is 0.463 e. The van der Waals surface area contributed by atoms with Crippen LogP contribution in [0, 0.1) is 23.7 Å². The molecule has 1 atom stereocenters. The highest BCUT2D eigenvalue weighted by molar-refractivity contribution is 7.72. The number of benzene rings is 2. The van der Waals surface area contributed by atoms with Gasteiger partial charge in [0.25, 0.3) is 15.5 Å². The Bertz CT molecular complexity index is 2040. The molecule has 0 N–H and O–H groups in total. The monoisotopic (exact) mass is 850 g/mol. The molecular weight excluding hydrogens is 789 g/mol. The van der Waals surface area contributed by atoms with Crippen LogP contribution in [0.2, 0.25) is 25.7 Å². The van der Waals surface area contributed by atoms with Gasteiger partial charge in [-0.3, -0.25) is 0 Å². The van der Waals surface area contributed by atoms with Crippen molar-refractivity contribution in [3.8, 4) is 29.4 Å². The Kier molecular flexibility index (Phi) is 17.5. The molecule has 4 rings (SSSR count). The van der Waals surface area contributed by atoms with E-state index in [0.717, 1.165) is 53.9 Å². The van der Waals surface area contributed by atoms with Crippen LogP contribution in [0.4, 0.5) is 15.3 Å². The first-order chi connectivity index (χ1) is 27.8. The Labute approximate surface area is 353 Å². The van der Waals surface area contributed by atoms with Crippen molar-refractivity contribution in [1.29, 1.82) is 0 Å². The van der Waals surface area contributed by atoms with Crippen molar-refractivity contribution in [2.75, 3.05) is 37.8 Å². The molecule has 2 aromatic carbocycles. The standard InChI is InChI=1S/C45H62N2O10SSi/c1-10-11-14-19-34-28-35(30-38(29-34)47(42(49)57-44(2,3)4)43(58(50)51)53-26-27-59(7,8)9)20-15-18-25-52-24-17-13-12-16-23-46-32-40(55-41(46)48)36-21-22-39-37(31-36)33-54-45(5,6)56-39/h21-22,28-31,40H,10-13,16-18,23-27,32-33H2,1-9H3/t40-/m0/s1. The minimum Gasteiger partial charge on any atom is -0.463 e. The zero-order valence-corrected chi connectivity index (χ0v) is 38.1. The Morgan fingerprint density at radius 1 is 0.966 bits per heavy atom. The molecule has 12 nitrogen and oxygen atoms in total. The summed E-state index contributed by atoms with van der Waals surface area (Å²) >= 11 is 0. The van der Waals surface area contributed by atoms with Crippen LogP contribution in [0.3, 0.4) is 0 Å². The van der Waals surface area contributed by atoms with Crippen LogP contribution >= 0.6 is 0 Å². The summed E-state index contributed by atoms with van der Waals surface area (Å²) in [6.07, 6.45) is 4.22. The number of anilines is 1. The molecule has 0 radical (unpaired) electrons. The lowest BCUT2D eigenvalue weighted by Gasteiger charge is -2.32. The lowest BCUT2D eigenvalue weighted by Crippen LogP contribution is -2.43. The average molecular weight is 851 g/mol. The number of carbonyl (C=O) groups is 2. The zero-order chi connectivity index (χ0) is 43.2. The zero-order valence-electron chi connectivity index (χ0n) is 36.3. The van der Waals surface area contributed by atoms with E-state index in [1.807, 2.05) is 45.0 Å². The molecule has 0 saturated carbocycles. The van der Waals surface area contributed by atoms with Gasteiger partial charge in [-0.15, -0.1) is 0 Å². The van der Waals surface area contributed by atoms with Crippen LogP contribution in [0.15, 0.2) is 36.4 Å². The molecule has 0 bridgehead atoms. The molecule has 0 unspecified atom stereocenters. The number of carbonyl (C=O) groups excluding carboxylic acids is 2. The van der Waals surface area contributed by atoms with Gasteiger partial charge in [-0.25, -0.2) is 14.5 Å². The molecule has 2 aliphatic heterocycles. The van der Waals surface area contributed by atoms with E-state index >= 15 is 0 Å². The molecule has 14 heteroatoms. The summed E-state index contributed by atoms with van der Waals surface area (Å²) < 4.78 is 59.8. The fourth-order valence-corrected chi connectivity index (χ4v) is 7.29. The Hall–Kier alpha value is -4.31. The van der Waals surface area contributed by atoms with Crippen molar-refractivity contribution in [2.45, 2.75) is 136 Å². The van der Waals surface area contributed by atoms with Gasteiger partial charge in [0.2, 0.25) is 5.79 Å². The average Bonchev–Trinajstić information content (AvgIpc) is 3.51. The predicted octanol–water partition coefficient (Wildman–Crippen LogP) is 9.06. The molecule has 2 heterocycles. The highest BCUT2D eigenvalue weighted by Crippen LogP contribution is 2.35. The number of hydrogen-bond donors (Lipinski definition) is 0. The van der Waals surface area contributed by atoms with E-state index in [1.54, 1.807) is 37.8 Å². The Balaban J connectivity index is 1.28. The number of hydrogen-bond acceptors (Lipinski definition) is 10. The van der Waals surface area contributed by atoms with Crippen LogP contribution in [-0.2, 0) is 40.6 Å². The third kappa shape index (κ3) is 16.0. The minimum atomic E-state index is -2.89. The van der Waals surface area contributed by atoms with E-state index in [0.29, 0.717) is 62.9 Å². The van der Waals surface area contributed by atoms with Crippen molar-refractivity contribution in [3.63, 3.8) is 0 Å². The van der Waals surface area contributed by atoms with Crippen LogP contribution in [0.1, 0.15) is 115 Å². The molecular formula is C45H62N2O10SSi. The molecule has 0 aliphatic carbocycles. The number of ether oxygens (including phenoxy) is 6. The lowest BCUT2D eigenvalue weighted by molar-refractivity contribution is -0.180. The van der Waals surface area contributed by atoms with Crippen molar-refractivity contribution >= 4 is 41.4 Å². The smallest absolute Gasteiger partial charge is 0.421 e. The number of unbranched alkanes of at least 4 members (excludes halogenated alkanes) is 4. The summed E-state index contributed by atoms with van der Waals surface area (Å²) in [4.78, 5) is 28.9. The van der Waals surface area contributed by atoms with E-state index in [4.69, 9.17) is 28.4 Å². The van der Waals surface area contributed by atoms with Crippen LogP contribution in [0.5, 0.6) is 5.75 Å². The lowest BCUT2D eigenvalue weighted by atomic mass is 10.0. The van der Waals surface area contributed by atoms with Gasteiger partial charge in [0, 0.05) is 64.6 Å². The van der Waals surface area contributed by atoms with E-state index in [2.05, 4.69) is 43.3 Å². The minimum absolute atomic E-state index is 0.139. The van der Waals surface area contributed by atoms with E-state index in [9.17, 15) is 18.0 Å². The summed E-state index contributed by atoms with van der Waals surface area (Å²) in [6, 6.07) is 11.7. The first-order valence-corrected chi connectivity index (χ1v) is 25.4. The van der Waals surface area contributed by atoms with Crippen molar-refractivity contribution in [3.05, 3.63) is 58.7 Å². The number of fused-ring (bicyclic) bond motifs is 1. The molecule has 0 aromatic heterocycles.